The summed E-state index contributed by atoms with van der Waals surface area (Å²) in [6.45, 7) is 2.39. The zero-order valence-electron chi connectivity index (χ0n) is 11.4. The summed E-state index contributed by atoms with van der Waals surface area (Å²) in [7, 11) is 0. The molecule has 0 aliphatic heterocycles. The molecule has 106 valence electrons. The summed E-state index contributed by atoms with van der Waals surface area (Å²) in [6.07, 6.45) is 0. The Morgan fingerprint density at radius 2 is 1.90 bits per heavy atom. The van der Waals surface area contributed by atoms with Crippen molar-refractivity contribution in [3.63, 3.8) is 0 Å². The van der Waals surface area contributed by atoms with Gasteiger partial charge in [0.2, 0.25) is 0 Å². The van der Waals surface area contributed by atoms with Crippen LogP contribution in [0.4, 0.5) is 0 Å². The van der Waals surface area contributed by atoms with E-state index in [0.29, 0.717) is 12.2 Å². The molecule has 3 aromatic rings. The van der Waals surface area contributed by atoms with Gasteiger partial charge in [0.25, 0.3) is 0 Å². The van der Waals surface area contributed by atoms with Crippen LogP contribution < -0.4 is 10.4 Å². The minimum absolute atomic E-state index is 0.335. The van der Waals surface area contributed by atoms with Crippen molar-refractivity contribution in [2.75, 3.05) is 0 Å². The maximum atomic E-state index is 11.5. The molecule has 0 radical (unpaired) electrons. The molecule has 0 fully saturated rings. The third-order valence-electron chi connectivity index (χ3n) is 3.26. The Bertz CT molecular complexity index is 838. The summed E-state index contributed by atoms with van der Waals surface area (Å²) < 4.78 is 12.0. The zero-order chi connectivity index (χ0) is 14.8. The quantitative estimate of drug-likeness (QED) is 0.493. The van der Waals surface area contributed by atoms with Crippen molar-refractivity contribution in [2.24, 2.45) is 0 Å². The van der Waals surface area contributed by atoms with E-state index in [1.165, 1.54) is 6.07 Å². The highest BCUT2D eigenvalue weighted by molar-refractivity contribution is 14.1. The van der Waals surface area contributed by atoms with Crippen molar-refractivity contribution in [3.05, 3.63) is 73.6 Å². The molecular weight excluding hydrogens is 379 g/mol. The van der Waals surface area contributed by atoms with E-state index < -0.39 is 0 Å². The van der Waals surface area contributed by atoms with E-state index in [4.69, 9.17) is 9.15 Å². The van der Waals surface area contributed by atoms with Crippen molar-refractivity contribution in [3.8, 4) is 5.75 Å². The Balaban J connectivity index is 1.97. The first-order valence-electron chi connectivity index (χ1n) is 6.55. The smallest absolute Gasteiger partial charge is 0.336 e. The molecule has 0 aliphatic carbocycles. The van der Waals surface area contributed by atoms with Gasteiger partial charge < -0.3 is 9.15 Å². The van der Waals surface area contributed by atoms with E-state index in [1.54, 1.807) is 0 Å². The second-order valence-electron chi connectivity index (χ2n) is 4.78. The first-order chi connectivity index (χ1) is 10.1. The number of rotatable bonds is 3. The summed E-state index contributed by atoms with van der Waals surface area (Å²) in [6, 6.07) is 15.3. The Hall–Kier alpha value is -1.82. The largest absolute Gasteiger partial charge is 0.488 e. The molecule has 0 aliphatic rings. The fraction of sp³-hybridized carbons (Fsp3) is 0.118. The van der Waals surface area contributed by atoms with Gasteiger partial charge in [-0.05, 0) is 52.8 Å². The number of aryl methyl sites for hydroxylation is 1. The summed E-state index contributed by atoms with van der Waals surface area (Å²) in [4.78, 5) is 11.5. The Morgan fingerprint density at radius 3 is 2.67 bits per heavy atom. The predicted molar refractivity (Wildman–Crippen MR) is 90.7 cm³/mol. The van der Waals surface area contributed by atoms with Gasteiger partial charge in [0.15, 0.2) is 5.58 Å². The molecule has 0 amide bonds. The predicted octanol–water partition coefficient (Wildman–Crippen LogP) is 4.29. The average Bonchev–Trinajstić information content (AvgIpc) is 2.48. The molecule has 0 saturated heterocycles. The number of hydrogen-bond acceptors (Lipinski definition) is 3. The highest BCUT2D eigenvalue weighted by Crippen LogP contribution is 2.30. The van der Waals surface area contributed by atoms with Crippen LogP contribution >= 0.6 is 22.6 Å². The van der Waals surface area contributed by atoms with Gasteiger partial charge in [0.05, 0.1) is 3.57 Å². The van der Waals surface area contributed by atoms with E-state index in [0.717, 1.165) is 25.8 Å². The second kappa shape index (κ2) is 5.89. The molecule has 0 N–H and O–H groups in total. The molecule has 0 spiro atoms. The fourth-order valence-corrected chi connectivity index (χ4v) is 2.92. The number of fused-ring (bicyclic) bond motifs is 1. The number of benzene rings is 2. The van der Waals surface area contributed by atoms with E-state index in [1.807, 2.05) is 49.4 Å². The number of halogens is 1. The van der Waals surface area contributed by atoms with Crippen LogP contribution in [0, 0.1) is 10.5 Å². The fourth-order valence-electron chi connectivity index (χ4n) is 2.18. The molecule has 0 bridgehead atoms. The van der Waals surface area contributed by atoms with Crippen molar-refractivity contribution in [2.45, 2.75) is 13.5 Å². The molecule has 0 unspecified atom stereocenters. The van der Waals surface area contributed by atoms with Crippen LogP contribution in [0.25, 0.3) is 11.0 Å². The standard InChI is InChI=1S/C17H13IO3/c1-11-9-15(19)21-17-13(11)7-8-14(16(17)18)20-10-12-5-3-2-4-6-12/h2-9H,10H2,1H3. The minimum atomic E-state index is -0.335. The minimum Gasteiger partial charge on any atom is -0.488 e. The summed E-state index contributed by atoms with van der Waals surface area (Å²) >= 11 is 2.16. The second-order valence-corrected chi connectivity index (χ2v) is 5.86. The van der Waals surface area contributed by atoms with E-state index in [2.05, 4.69) is 22.6 Å². The molecule has 3 rings (SSSR count). The van der Waals surface area contributed by atoms with Gasteiger partial charge >= 0.3 is 5.63 Å². The Kier molecular flexibility index (Phi) is 3.96. The van der Waals surface area contributed by atoms with Crippen LogP contribution in [0.15, 0.2) is 57.7 Å². The Labute approximate surface area is 135 Å². The molecule has 2 aromatic carbocycles. The molecule has 21 heavy (non-hydrogen) atoms. The molecular formula is C17H13IO3. The zero-order valence-corrected chi connectivity index (χ0v) is 13.6. The molecule has 0 atom stereocenters. The van der Waals surface area contributed by atoms with E-state index in [-0.39, 0.29) is 5.63 Å². The van der Waals surface area contributed by atoms with Gasteiger partial charge in [-0.15, -0.1) is 0 Å². The monoisotopic (exact) mass is 392 g/mol. The van der Waals surface area contributed by atoms with Gasteiger partial charge in [-0.3, -0.25) is 0 Å². The lowest BCUT2D eigenvalue weighted by Gasteiger charge is -2.10. The Morgan fingerprint density at radius 1 is 1.14 bits per heavy atom. The summed E-state index contributed by atoms with van der Waals surface area (Å²) in [5, 5.41) is 0.936. The molecule has 1 heterocycles. The maximum absolute atomic E-state index is 11.5. The lowest BCUT2D eigenvalue weighted by molar-refractivity contribution is 0.304. The molecule has 0 saturated carbocycles. The van der Waals surface area contributed by atoms with Gasteiger partial charge in [-0.1, -0.05) is 30.3 Å². The topological polar surface area (TPSA) is 39.4 Å². The van der Waals surface area contributed by atoms with Crippen LogP contribution in [0.1, 0.15) is 11.1 Å². The molecule has 4 heteroatoms. The van der Waals surface area contributed by atoms with E-state index in [9.17, 15) is 4.79 Å². The highest BCUT2D eigenvalue weighted by Gasteiger charge is 2.11. The SMILES string of the molecule is Cc1cc(=O)oc2c(I)c(OCc3ccccc3)ccc12. The molecule has 1 aromatic heterocycles. The van der Waals surface area contributed by atoms with Crippen molar-refractivity contribution < 1.29 is 9.15 Å². The lowest BCUT2D eigenvalue weighted by atomic mass is 10.1. The van der Waals surface area contributed by atoms with Gasteiger partial charge in [0, 0.05) is 11.5 Å². The first kappa shape index (κ1) is 14.1. The average molecular weight is 392 g/mol. The van der Waals surface area contributed by atoms with Crippen LogP contribution in [-0.4, -0.2) is 0 Å². The van der Waals surface area contributed by atoms with Gasteiger partial charge in [0.1, 0.15) is 12.4 Å². The first-order valence-corrected chi connectivity index (χ1v) is 7.63. The van der Waals surface area contributed by atoms with E-state index >= 15 is 0 Å². The van der Waals surface area contributed by atoms with Crippen molar-refractivity contribution >= 4 is 33.6 Å². The highest BCUT2D eigenvalue weighted by atomic mass is 127. The van der Waals surface area contributed by atoms with Crippen LogP contribution in [0.3, 0.4) is 0 Å². The van der Waals surface area contributed by atoms with Crippen LogP contribution in [0.5, 0.6) is 5.75 Å². The summed E-state index contributed by atoms with van der Waals surface area (Å²) in [5.74, 6) is 0.723. The maximum Gasteiger partial charge on any atom is 0.336 e. The lowest BCUT2D eigenvalue weighted by Crippen LogP contribution is -2.01. The third kappa shape index (κ3) is 2.95. The van der Waals surface area contributed by atoms with Crippen LogP contribution in [-0.2, 0) is 6.61 Å². The van der Waals surface area contributed by atoms with Crippen LogP contribution in [0.2, 0.25) is 0 Å². The normalized spacial score (nSPS) is 10.8. The molecule has 3 nitrogen and oxygen atoms in total. The van der Waals surface area contributed by atoms with Crippen molar-refractivity contribution in [1.29, 1.82) is 0 Å². The number of hydrogen-bond donors (Lipinski definition) is 0. The van der Waals surface area contributed by atoms with Gasteiger partial charge in [-0.25, -0.2) is 4.79 Å². The number of ether oxygens (including phenoxy) is 1. The van der Waals surface area contributed by atoms with Crippen molar-refractivity contribution in [1.82, 2.24) is 0 Å². The third-order valence-corrected chi connectivity index (χ3v) is 4.28. The van der Waals surface area contributed by atoms with Gasteiger partial charge in [-0.2, -0.15) is 0 Å². The summed E-state index contributed by atoms with van der Waals surface area (Å²) in [5.41, 5.74) is 2.26.